The molecule has 0 amide bonds. The Bertz CT molecular complexity index is 426. The minimum absolute atomic E-state index is 0.323. The van der Waals surface area contributed by atoms with Gasteiger partial charge in [-0.25, -0.2) is 4.98 Å². The van der Waals surface area contributed by atoms with Crippen LogP contribution in [0.15, 0.2) is 12.1 Å². The fourth-order valence-electron chi connectivity index (χ4n) is 1.75. The van der Waals surface area contributed by atoms with E-state index >= 15 is 0 Å². The summed E-state index contributed by atoms with van der Waals surface area (Å²) in [5.74, 6) is 1.97. The highest BCUT2D eigenvalue weighted by Crippen LogP contribution is 2.23. The smallest absolute Gasteiger partial charge is 0.165 e. The van der Waals surface area contributed by atoms with Gasteiger partial charge in [-0.3, -0.25) is 0 Å². The molecule has 0 spiro atoms. The molecule has 1 saturated heterocycles. The van der Waals surface area contributed by atoms with Crippen molar-refractivity contribution >= 4 is 23.3 Å². The first kappa shape index (κ1) is 11.1. The molecule has 1 atom stereocenters. The number of thioether (sulfide) groups is 1. The SMILES string of the molecule is CC1CN(c2ccc(N)c(C#N)n2)CCS1. The van der Waals surface area contributed by atoms with Crippen molar-refractivity contribution in [1.82, 2.24) is 4.98 Å². The van der Waals surface area contributed by atoms with Crippen molar-refractivity contribution in [2.75, 3.05) is 29.5 Å². The number of pyridine rings is 1. The second kappa shape index (κ2) is 4.62. The van der Waals surface area contributed by atoms with Gasteiger partial charge < -0.3 is 10.6 Å². The number of nitrogens with two attached hydrogens (primary N) is 1. The zero-order chi connectivity index (χ0) is 11.5. The van der Waals surface area contributed by atoms with Crippen molar-refractivity contribution < 1.29 is 0 Å². The summed E-state index contributed by atoms with van der Waals surface area (Å²) in [5, 5.41) is 9.49. The summed E-state index contributed by atoms with van der Waals surface area (Å²) in [4.78, 5) is 6.49. The van der Waals surface area contributed by atoms with Crippen LogP contribution in [0.1, 0.15) is 12.6 Å². The maximum absolute atomic E-state index is 8.88. The van der Waals surface area contributed by atoms with Gasteiger partial charge in [0.25, 0.3) is 0 Å². The number of hydrogen-bond donors (Lipinski definition) is 1. The summed E-state index contributed by atoms with van der Waals surface area (Å²) >= 11 is 1.97. The molecule has 1 aromatic rings. The highest BCUT2D eigenvalue weighted by Gasteiger charge is 2.18. The van der Waals surface area contributed by atoms with Gasteiger partial charge in [-0.05, 0) is 12.1 Å². The molecular formula is C11H14N4S. The first-order chi connectivity index (χ1) is 7.70. The van der Waals surface area contributed by atoms with Gasteiger partial charge in [-0.1, -0.05) is 6.92 Å². The summed E-state index contributed by atoms with van der Waals surface area (Å²) in [6, 6.07) is 5.66. The lowest BCUT2D eigenvalue weighted by Gasteiger charge is -2.31. The van der Waals surface area contributed by atoms with E-state index in [0.29, 0.717) is 16.6 Å². The predicted molar refractivity (Wildman–Crippen MR) is 67.5 cm³/mol. The molecule has 16 heavy (non-hydrogen) atoms. The molecular weight excluding hydrogens is 220 g/mol. The average Bonchev–Trinajstić information content (AvgIpc) is 2.29. The van der Waals surface area contributed by atoms with E-state index in [1.807, 2.05) is 23.9 Å². The molecule has 0 aromatic carbocycles. The van der Waals surface area contributed by atoms with Crippen LogP contribution in [0.25, 0.3) is 0 Å². The second-order valence-electron chi connectivity index (χ2n) is 3.85. The fraction of sp³-hybridized carbons (Fsp3) is 0.455. The number of rotatable bonds is 1. The number of nitrogens with zero attached hydrogens (tertiary/aromatic N) is 3. The van der Waals surface area contributed by atoms with Crippen molar-refractivity contribution in [2.45, 2.75) is 12.2 Å². The third-order valence-electron chi connectivity index (χ3n) is 2.58. The van der Waals surface area contributed by atoms with Gasteiger partial charge in [-0.2, -0.15) is 17.0 Å². The zero-order valence-electron chi connectivity index (χ0n) is 9.18. The summed E-state index contributed by atoms with van der Waals surface area (Å²) in [7, 11) is 0. The van der Waals surface area contributed by atoms with Crippen LogP contribution in [0, 0.1) is 11.3 Å². The van der Waals surface area contributed by atoms with Crippen molar-refractivity contribution in [3.05, 3.63) is 17.8 Å². The van der Waals surface area contributed by atoms with Gasteiger partial charge in [0.1, 0.15) is 11.9 Å². The molecule has 4 nitrogen and oxygen atoms in total. The molecule has 2 rings (SSSR count). The molecule has 0 aliphatic carbocycles. The van der Waals surface area contributed by atoms with E-state index in [0.717, 1.165) is 24.7 Å². The molecule has 2 N–H and O–H groups in total. The third kappa shape index (κ3) is 2.22. The monoisotopic (exact) mass is 234 g/mol. The average molecular weight is 234 g/mol. The molecule has 1 unspecified atom stereocenters. The number of anilines is 2. The molecule has 1 aliphatic rings. The van der Waals surface area contributed by atoms with E-state index in [2.05, 4.69) is 16.8 Å². The van der Waals surface area contributed by atoms with E-state index < -0.39 is 0 Å². The van der Waals surface area contributed by atoms with E-state index in [1.165, 1.54) is 0 Å². The van der Waals surface area contributed by atoms with Gasteiger partial charge in [0.05, 0.1) is 5.69 Å². The minimum atomic E-state index is 0.323. The first-order valence-electron chi connectivity index (χ1n) is 5.24. The Morgan fingerprint density at radius 3 is 3.12 bits per heavy atom. The summed E-state index contributed by atoms with van der Waals surface area (Å²) in [5.41, 5.74) is 6.42. The lowest BCUT2D eigenvalue weighted by atomic mass is 10.3. The number of nitriles is 1. The maximum Gasteiger partial charge on any atom is 0.165 e. The molecule has 0 bridgehead atoms. The van der Waals surface area contributed by atoms with Crippen LogP contribution in [-0.2, 0) is 0 Å². The van der Waals surface area contributed by atoms with E-state index in [-0.39, 0.29) is 0 Å². The van der Waals surface area contributed by atoms with Gasteiger partial charge >= 0.3 is 0 Å². The van der Waals surface area contributed by atoms with Crippen molar-refractivity contribution in [2.24, 2.45) is 0 Å². The minimum Gasteiger partial charge on any atom is -0.396 e. The topological polar surface area (TPSA) is 65.9 Å². The highest BCUT2D eigenvalue weighted by molar-refractivity contribution is 8.00. The molecule has 1 fully saturated rings. The summed E-state index contributed by atoms with van der Waals surface area (Å²) in [6.07, 6.45) is 0. The Kier molecular flexibility index (Phi) is 3.20. The number of nitrogen functional groups attached to an aromatic ring is 1. The first-order valence-corrected chi connectivity index (χ1v) is 6.28. The van der Waals surface area contributed by atoms with Crippen LogP contribution in [0.5, 0.6) is 0 Å². The van der Waals surface area contributed by atoms with Crippen LogP contribution in [-0.4, -0.2) is 29.1 Å². The Morgan fingerprint density at radius 1 is 1.62 bits per heavy atom. The van der Waals surface area contributed by atoms with Gasteiger partial charge in [0.15, 0.2) is 5.69 Å². The number of aromatic nitrogens is 1. The van der Waals surface area contributed by atoms with Crippen LogP contribution < -0.4 is 10.6 Å². The Morgan fingerprint density at radius 2 is 2.44 bits per heavy atom. The third-order valence-corrected chi connectivity index (χ3v) is 3.72. The quantitative estimate of drug-likeness (QED) is 0.797. The highest BCUT2D eigenvalue weighted by atomic mass is 32.2. The Labute approximate surface area is 99.5 Å². The largest absolute Gasteiger partial charge is 0.396 e. The molecule has 1 aromatic heterocycles. The van der Waals surface area contributed by atoms with E-state index in [9.17, 15) is 0 Å². The normalized spacial score (nSPS) is 20.5. The standard InChI is InChI=1S/C11H14N4S/c1-8-7-15(4-5-16-8)11-3-2-9(13)10(6-12)14-11/h2-3,8H,4-5,7,13H2,1H3. The maximum atomic E-state index is 8.88. The summed E-state index contributed by atoms with van der Waals surface area (Å²) < 4.78 is 0. The second-order valence-corrected chi connectivity index (χ2v) is 5.39. The predicted octanol–water partition coefficient (Wildman–Crippen LogP) is 1.48. The van der Waals surface area contributed by atoms with Gasteiger partial charge in [0.2, 0.25) is 0 Å². The summed E-state index contributed by atoms with van der Waals surface area (Å²) in [6.45, 7) is 4.17. The van der Waals surface area contributed by atoms with Crippen LogP contribution in [0.4, 0.5) is 11.5 Å². The van der Waals surface area contributed by atoms with Crippen LogP contribution in [0.3, 0.4) is 0 Å². The zero-order valence-corrected chi connectivity index (χ0v) is 10.00. The fourth-order valence-corrected chi connectivity index (χ4v) is 2.77. The number of hydrogen-bond acceptors (Lipinski definition) is 5. The van der Waals surface area contributed by atoms with E-state index in [4.69, 9.17) is 11.0 Å². The molecule has 0 saturated carbocycles. The molecule has 2 heterocycles. The van der Waals surface area contributed by atoms with Gasteiger partial charge in [-0.15, -0.1) is 0 Å². The van der Waals surface area contributed by atoms with Crippen molar-refractivity contribution in [1.29, 1.82) is 5.26 Å². The Hall–Kier alpha value is -1.41. The molecule has 0 radical (unpaired) electrons. The van der Waals surface area contributed by atoms with Crippen molar-refractivity contribution in [3.8, 4) is 6.07 Å². The lowest BCUT2D eigenvalue weighted by molar-refractivity contribution is 0.770. The Balaban J connectivity index is 2.24. The van der Waals surface area contributed by atoms with Crippen molar-refractivity contribution in [3.63, 3.8) is 0 Å². The van der Waals surface area contributed by atoms with Gasteiger partial charge in [0, 0.05) is 24.1 Å². The molecule has 84 valence electrons. The van der Waals surface area contributed by atoms with Crippen LogP contribution in [0.2, 0.25) is 0 Å². The lowest BCUT2D eigenvalue weighted by Crippen LogP contribution is -2.37. The molecule has 1 aliphatic heterocycles. The van der Waals surface area contributed by atoms with E-state index in [1.54, 1.807) is 6.07 Å². The van der Waals surface area contributed by atoms with Crippen LogP contribution >= 0.6 is 11.8 Å². The molecule has 5 heteroatoms.